The summed E-state index contributed by atoms with van der Waals surface area (Å²) in [6.45, 7) is 1.06. The predicted molar refractivity (Wildman–Crippen MR) is 115 cm³/mol. The van der Waals surface area contributed by atoms with Crippen LogP contribution < -0.4 is 15.0 Å². The second kappa shape index (κ2) is 7.65. The molecule has 0 aliphatic carbocycles. The lowest BCUT2D eigenvalue weighted by molar-refractivity contribution is -0.123. The Balaban J connectivity index is 1.36. The number of rotatable bonds is 3. The van der Waals surface area contributed by atoms with Crippen LogP contribution in [-0.2, 0) is 26.0 Å². The minimum absolute atomic E-state index is 0.0176. The Kier molecular flexibility index (Phi) is 4.94. The molecule has 9 heteroatoms. The smallest absolute Gasteiger partial charge is 0.262 e. The Morgan fingerprint density at radius 2 is 1.97 bits per heavy atom. The fraction of sp³-hybridized carbons (Fsp3) is 0.364. The van der Waals surface area contributed by atoms with Crippen LogP contribution in [-0.4, -0.2) is 50.8 Å². The molecule has 5 rings (SSSR count). The molecular weight excluding hydrogens is 418 g/mol. The lowest BCUT2D eigenvalue weighted by atomic mass is 9.98. The van der Waals surface area contributed by atoms with Crippen LogP contribution in [0, 0.1) is 5.92 Å². The highest BCUT2D eigenvalue weighted by molar-refractivity contribution is 7.89. The molecule has 1 fully saturated rings. The molecule has 0 radical (unpaired) electrons. The zero-order valence-electron chi connectivity index (χ0n) is 16.9. The Morgan fingerprint density at radius 3 is 2.84 bits per heavy atom. The number of para-hydroxylation sites is 1. The quantitative estimate of drug-likeness (QED) is 0.786. The third-order valence-electron chi connectivity index (χ3n) is 6.11. The fourth-order valence-electron chi connectivity index (χ4n) is 4.52. The molecule has 31 heavy (non-hydrogen) atoms. The number of amides is 2. The Morgan fingerprint density at radius 1 is 1.13 bits per heavy atom. The van der Waals surface area contributed by atoms with Crippen molar-refractivity contribution in [2.24, 2.45) is 5.92 Å². The van der Waals surface area contributed by atoms with Gasteiger partial charge in [-0.3, -0.25) is 9.59 Å². The Hall–Kier alpha value is -2.91. The van der Waals surface area contributed by atoms with Gasteiger partial charge in [-0.05, 0) is 49.1 Å². The summed E-state index contributed by atoms with van der Waals surface area (Å²) in [4.78, 5) is 26.7. The van der Waals surface area contributed by atoms with E-state index in [1.807, 2.05) is 24.3 Å². The second-order valence-electron chi connectivity index (χ2n) is 8.07. The molecule has 3 heterocycles. The number of hydrogen-bond donors (Lipinski definition) is 1. The van der Waals surface area contributed by atoms with Gasteiger partial charge in [0.25, 0.3) is 5.91 Å². The summed E-state index contributed by atoms with van der Waals surface area (Å²) in [6.07, 6.45) is 2.10. The maximum Gasteiger partial charge on any atom is 0.262 e. The monoisotopic (exact) mass is 441 g/mol. The highest BCUT2D eigenvalue weighted by atomic mass is 32.2. The van der Waals surface area contributed by atoms with E-state index in [1.165, 1.54) is 16.4 Å². The summed E-state index contributed by atoms with van der Waals surface area (Å²) in [6, 6.07) is 12.3. The van der Waals surface area contributed by atoms with Crippen LogP contribution >= 0.6 is 0 Å². The van der Waals surface area contributed by atoms with Gasteiger partial charge in [0.1, 0.15) is 5.75 Å². The van der Waals surface area contributed by atoms with Gasteiger partial charge in [-0.15, -0.1) is 0 Å². The number of sulfonamides is 1. The molecule has 0 bridgehead atoms. The first kappa shape index (κ1) is 20.0. The maximum atomic E-state index is 13.3. The van der Waals surface area contributed by atoms with Crippen LogP contribution in [0.5, 0.6) is 5.75 Å². The number of fused-ring (bicyclic) bond motifs is 2. The van der Waals surface area contributed by atoms with E-state index < -0.39 is 10.0 Å². The van der Waals surface area contributed by atoms with Gasteiger partial charge in [0, 0.05) is 25.3 Å². The van der Waals surface area contributed by atoms with Crippen LogP contribution in [0.1, 0.15) is 18.4 Å². The topological polar surface area (TPSA) is 96.0 Å². The minimum atomic E-state index is -3.81. The van der Waals surface area contributed by atoms with E-state index in [1.54, 1.807) is 11.0 Å². The summed E-state index contributed by atoms with van der Waals surface area (Å²) in [5, 5.41) is 2.64. The van der Waals surface area contributed by atoms with Crippen LogP contribution in [0.25, 0.3) is 0 Å². The molecule has 1 unspecified atom stereocenters. The third kappa shape index (κ3) is 3.57. The third-order valence-corrected chi connectivity index (χ3v) is 7.97. The SMILES string of the molecule is O=C1COc2ccc(S(=O)(=O)N3CCCC(C(=O)N4CCc5ccccc54)C3)cc2N1. The number of carbonyl (C=O) groups excluding carboxylic acids is 2. The standard InChI is InChI=1S/C22H23N3O5S/c26-21-14-30-20-8-7-17(12-18(20)23-21)31(28,29)24-10-3-5-16(13-24)22(27)25-11-9-15-4-1-2-6-19(15)25/h1-2,4,6-8,12,16H,3,5,9-11,13-14H2,(H,23,26). The fourth-order valence-corrected chi connectivity index (χ4v) is 6.07. The number of hydrogen-bond acceptors (Lipinski definition) is 5. The summed E-state index contributed by atoms with van der Waals surface area (Å²) in [5.41, 5.74) is 2.42. The largest absolute Gasteiger partial charge is 0.482 e. The van der Waals surface area contributed by atoms with E-state index >= 15 is 0 Å². The number of anilines is 2. The molecule has 8 nitrogen and oxygen atoms in total. The number of nitrogens with zero attached hydrogens (tertiary/aromatic N) is 2. The summed E-state index contributed by atoms with van der Waals surface area (Å²) in [5.74, 6) is -0.277. The van der Waals surface area contributed by atoms with Gasteiger partial charge < -0.3 is 15.0 Å². The van der Waals surface area contributed by atoms with Crippen molar-refractivity contribution in [3.8, 4) is 5.75 Å². The first-order valence-electron chi connectivity index (χ1n) is 10.4. The molecule has 0 aromatic heterocycles. The average molecular weight is 442 g/mol. The van der Waals surface area contributed by atoms with Crippen molar-refractivity contribution in [2.75, 3.05) is 36.5 Å². The van der Waals surface area contributed by atoms with Crippen molar-refractivity contribution in [2.45, 2.75) is 24.2 Å². The van der Waals surface area contributed by atoms with Gasteiger partial charge in [0.05, 0.1) is 16.5 Å². The van der Waals surface area contributed by atoms with Gasteiger partial charge >= 0.3 is 0 Å². The number of carbonyl (C=O) groups is 2. The molecule has 3 aliphatic rings. The van der Waals surface area contributed by atoms with Crippen LogP contribution in [0.15, 0.2) is 47.4 Å². The minimum Gasteiger partial charge on any atom is -0.482 e. The molecule has 1 atom stereocenters. The molecule has 1 N–H and O–H groups in total. The summed E-state index contributed by atoms with van der Waals surface area (Å²) in [7, 11) is -3.81. The van der Waals surface area contributed by atoms with E-state index in [0.717, 1.165) is 17.7 Å². The average Bonchev–Trinajstić information content (AvgIpc) is 3.22. The van der Waals surface area contributed by atoms with E-state index in [4.69, 9.17) is 4.74 Å². The molecule has 0 saturated carbocycles. The molecule has 3 aliphatic heterocycles. The number of ether oxygens (including phenoxy) is 1. The van der Waals surface area contributed by atoms with Crippen molar-refractivity contribution in [1.29, 1.82) is 0 Å². The van der Waals surface area contributed by atoms with Gasteiger partial charge in [0.2, 0.25) is 15.9 Å². The van der Waals surface area contributed by atoms with Gasteiger partial charge in [-0.2, -0.15) is 4.31 Å². The normalized spacial score (nSPS) is 21.1. The Bertz CT molecular complexity index is 1160. The molecule has 2 aromatic rings. The molecule has 0 spiro atoms. The first-order valence-corrected chi connectivity index (χ1v) is 11.8. The predicted octanol–water partition coefficient (Wildman–Crippen LogP) is 2.01. The van der Waals surface area contributed by atoms with Crippen LogP contribution in [0.4, 0.5) is 11.4 Å². The lowest BCUT2D eigenvalue weighted by Gasteiger charge is -2.33. The van der Waals surface area contributed by atoms with Crippen molar-refractivity contribution in [3.63, 3.8) is 0 Å². The van der Waals surface area contributed by atoms with Crippen molar-refractivity contribution in [1.82, 2.24) is 4.31 Å². The molecule has 2 amide bonds. The number of nitrogens with one attached hydrogen (secondary N) is 1. The summed E-state index contributed by atoms with van der Waals surface area (Å²) >= 11 is 0. The Labute approximate surface area is 180 Å². The maximum absolute atomic E-state index is 13.3. The zero-order chi connectivity index (χ0) is 21.6. The highest BCUT2D eigenvalue weighted by Crippen LogP contribution is 2.34. The first-order chi connectivity index (χ1) is 14.9. The lowest BCUT2D eigenvalue weighted by Crippen LogP contribution is -2.46. The molecular formula is C22H23N3O5S. The zero-order valence-corrected chi connectivity index (χ0v) is 17.7. The number of piperidine rings is 1. The molecule has 2 aromatic carbocycles. The van der Waals surface area contributed by atoms with Crippen molar-refractivity contribution in [3.05, 3.63) is 48.0 Å². The van der Waals surface area contributed by atoms with Crippen LogP contribution in [0.2, 0.25) is 0 Å². The number of benzene rings is 2. The van der Waals surface area contributed by atoms with Crippen LogP contribution in [0.3, 0.4) is 0 Å². The van der Waals surface area contributed by atoms with E-state index in [2.05, 4.69) is 5.32 Å². The van der Waals surface area contributed by atoms with Crippen molar-refractivity contribution < 1.29 is 22.7 Å². The van der Waals surface area contributed by atoms with E-state index in [9.17, 15) is 18.0 Å². The molecule has 162 valence electrons. The van der Waals surface area contributed by atoms with Gasteiger partial charge in [-0.1, -0.05) is 18.2 Å². The summed E-state index contributed by atoms with van der Waals surface area (Å²) < 4.78 is 33.3. The van der Waals surface area contributed by atoms with E-state index in [-0.39, 0.29) is 35.8 Å². The van der Waals surface area contributed by atoms with Crippen molar-refractivity contribution >= 4 is 33.2 Å². The van der Waals surface area contributed by atoms with Gasteiger partial charge in [0.15, 0.2) is 6.61 Å². The second-order valence-corrected chi connectivity index (χ2v) is 10.0. The van der Waals surface area contributed by atoms with E-state index in [0.29, 0.717) is 37.4 Å². The van der Waals surface area contributed by atoms with Gasteiger partial charge in [-0.25, -0.2) is 8.42 Å². The highest BCUT2D eigenvalue weighted by Gasteiger charge is 2.37. The molecule has 1 saturated heterocycles.